The summed E-state index contributed by atoms with van der Waals surface area (Å²) < 4.78 is 0. The molecule has 0 bridgehead atoms. The molecule has 0 amide bonds. The van der Waals surface area contributed by atoms with E-state index in [1.54, 1.807) is 18.3 Å². The number of nitrogens with zero attached hydrogens (tertiary/aromatic N) is 2. The molecule has 0 aliphatic heterocycles. The topological polar surface area (TPSA) is 73.1 Å². The molecule has 0 spiro atoms. The molecule has 0 aliphatic carbocycles. The van der Waals surface area contributed by atoms with Gasteiger partial charge in [-0.15, -0.1) is 0 Å². The Hall–Kier alpha value is -2.53. The third-order valence-electron chi connectivity index (χ3n) is 2.55. The second-order valence-electron chi connectivity index (χ2n) is 3.90. The number of nitro benzene ring substituents is 1. The van der Waals surface area contributed by atoms with Crippen LogP contribution in [0.4, 0.5) is 5.69 Å². The van der Waals surface area contributed by atoms with E-state index in [1.165, 1.54) is 36.5 Å². The summed E-state index contributed by atoms with van der Waals surface area (Å²) in [7, 11) is 0. The van der Waals surface area contributed by atoms with E-state index in [1.807, 2.05) is 0 Å². The quantitative estimate of drug-likeness (QED) is 0.373. The van der Waals surface area contributed by atoms with Crippen molar-refractivity contribution >= 4 is 29.1 Å². The first-order valence-corrected chi connectivity index (χ1v) is 6.02. The molecule has 5 nitrogen and oxygen atoms in total. The molecule has 0 saturated carbocycles. The van der Waals surface area contributed by atoms with Gasteiger partial charge in [0.1, 0.15) is 0 Å². The molecule has 100 valence electrons. The fourth-order valence-corrected chi connectivity index (χ4v) is 1.72. The van der Waals surface area contributed by atoms with Crippen molar-refractivity contribution in [1.29, 1.82) is 0 Å². The predicted octanol–water partition coefficient (Wildman–Crippen LogP) is 3.54. The van der Waals surface area contributed by atoms with Crippen molar-refractivity contribution in [2.75, 3.05) is 0 Å². The average molecular weight is 289 g/mol. The van der Waals surface area contributed by atoms with Crippen LogP contribution < -0.4 is 0 Å². The molecule has 0 atom stereocenters. The number of carbonyl (C=O) groups excluding carboxylic acids is 1. The monoisotopic (exact) mass is 288 g/mol. The van der Waals surface area contributed by atoms with Crippen molar-refractivity contribution in [3.63, 3.8) is 0 Å². The number of rotatable bonds is 4. The van der Waals surface area contributed by atoms with Crippen molar-refractivity contribution in [3.8, 4) is 0 Å². The van der Waals surface area contributed by atoms with E-state index < -0.39 is 4.92 Å². The minimum absolute atomic E-state index is 0.0807. The Kier molecular flexibility index (Phi) is 4.22. The molecule has 6 heteroatoms. The molecule has 1 aromatic heterocycles. The van der Waals surface area contributed by atoms with Crippen LogP contribution in [0.1, 0.15) is 15.9 Å². The smallest absolute Gasteiger partial charge is 0.270 e. The van der Waals surface area contributed by atoms with Crippen molar-refractivity contribution in [2.45, 2.75) is 0 Å². The lowest BCUT2D eigenvalue weighted by Crippen LogP contribution is -1.94. The molecule has 0 unspecified atom stereocenters. The number of pyridine rings is 1. The van der Waals surface area contributed by atoms with Crippen LogP contribution in [0, 0.1) is 10.1 Å². The van der Waals surface area contributed by atoms with Gasteiger partial charge in [-0.25, -0.2) is 0 Å². The van der Waals surface area contributed by atoms with Gasteiger partial charge in [0.05, 0.1) is 4.92 Å². The Balaban J connectivity index is 2.25. The van der Waals surface area contributed by atoms with Gasteiger partial charge in [0.2, 0.25) is 0 Å². The number of halogens is 1. The summed E-state index contributed by atoms with van der Waals surface area (Å²) in [5.74, 6) is -0.249. The predicted molar refractivity (Wildman–Crippen MR) is 75.7 cm³/mol. The zero-order valence-corrected chi connectivity index (χ0v) is 10.9. The number of nitro groups is 1. The van der Waals surface area contributed by atoms with Gasteiger partial charge >= 0.3 is 0 Å². The summed E-state index contributed by atoms with van der Waals surface area (Å²) in [4.78, 5) is 25.9. The highest BCUT2D eigenvalue weighted by molar-refractivity contribution is 6.32. The van der Waals surface area contributed by atoms with Gasteiger partial charge in [-0.1, -0.05) is 11.6 Å². The Bertz CT molecular complexity index is 684. The van der Waals surface area contributed by atoms with E-state index in [9.17, 15) is 14.9 Å². The number of hydrogen-bond acceptors (Lipinski definition) is 4. The summed E-state index contributed by atoms with van der Waals surface area (Å²) in [6.07, 6.45) is 5.77. The fraction of sp³-hybridized carbons (Fsp3) is 0. The lowest BCUT2D eigenvalue weighted by atomic mass is 10.1. The van der Waals surface area contributed by atoms with Crippen LogP contribution >= 0.6 is 11.6 Å². The number of aromatic nitrogens is 1. The lowest BCUT2D eigenvalue weighted by molar-refractivity contribution is -0.384. The van der Waals surface area contributed by atoms with Gasteiger partial charge in [-0.2, -0.15) is 0 Å². The summed E-state index contributed by atoms with van der Waals surface area (Å²) >= 11 is 5.93. The molecule has 0 N–H and O–H groups in total. The van der Waals surface area contributed by atoms with E-state index in [0.717, 1.165) is 0 Å². The number of carbonyl (C=O) groups is 1. The molecule has 0 aliphatic rings. The summed E-state index contributed by atoms with van der Waals surface area (Å²) in [6, 6.07) is 7.34. The van der Waals surface area contributed by atoms with Crippen molar-refractivity contribution in [3.05, 3.63) is 75.1 Å². The maximum atomic E-state index is 11.8. The van der Waals surface area contributed by atoms with Gasteiger partial charge in [-0.3, -0.25) is 19.9 Å². The molecule has 1 heterocycles. The van der Waals surface area contributed by atoms with E-state index in [0.29, 0.717) is 16.1 Å². The maximum absolute atomic E-state index is 11.8. The van der Waals surface area contributed by atoms with E-state index in [2.05, 4.69) is 4.98 Å². The molecule has 2 rings (SSSR count). The first-order valence-electron chi connectivity index (χ1n) is 5.64. The summed E-state index contributed by atoms with van der Waals surface area (Å²) in [6.45, 7) is 0. The van der Waals surface area contributed by atoms with Crippen LogP contribution in [-0.4, -0.2) is 15.7 Å². The van der Waals surface area contributed by atoms with Gasteiger partial charge in [-0.05, 0) is 35.9 Å². The van der Waals surface area contributed by atoms with Gasteiger partial charge in [0, 0.05) is 35.1 Å². The molecular weight excluding hydrogens is 280 g/mol. The number of benzene rings is 1. The molecule has 20 heavy (non-hydrogen) atoms. The maximum Gasteiger partial charge on any atom is 0.270 e. The van der Waals surface area contributed by atoms with Crippen LogP contribution in [0.5, 0.6) is 0 Å². The van der Waals surface area contributed by atoms with Crippen molar-refractivity contribution in [1.82, 2.24) is 4.98 Å². The Morgan fingerprint density at radius 1 is 1.35 bits per heavy atom. The molecule has 0 fully saturated rings. The van der Waals surface area contributed by atoms with Gasteiger partial charge in [0.25, 0.3) is 5.69 Å². The third-order valence-corrected chi connectivity index (χ3v) is 2.89. The first-order chi connectivity index (χ1) is 9.58. The highest BCUT2D eigenvalue weighted by atomic mass is 35.5. The Labute approximate surface area is 119 Å². The summed E-state index contributed by atoms with van der Waals surface area (Å²) in [5, 5.41) is 11.0. The number of non-ortho nitro benzene ring substituents is 1. The van der Waals surface area contributed by atoms with Crippen molar-refractivity contribution in [2.24, 2.45) is 0 Å². The number of allylic oxidation sites excluding steroid dienone is 1. The van der Waals surface area contributed by atoms with E-state index in [4.69, 9.17) is 11.6 Å². The van der Waals surface area contributed by atoms with Gasteiger partial charge < -0.3 is 0 Å². The molecule has 2 aromatic rings. The standard InChI is InChI=1S/C14H9ClN2O3/c15-13-5-4-12(17(19)20)8-10(13)3-6-14(18)11-2-1-7-16-9-11/h1-9H/b6-3+. The zero-order valence-electron chi connectivity index (χ0n) is 10.2. The summed E-state index contributed by atoms with van der Waals surface area (Å²) in [5.41, 5.74) is 0.770. The minimum atomic E-state index is -0.517. The average Bonchev–Trinajstić information content (AvgIpc) is 2.46. The molecular formula is C14H9ClN2O3. The zero-order chi connectivity index (χ0) is 14.5. The molecule has 1 aromatic carbocycles. The Morgan fingerprint density at radius 2 is 2.15 bits per heavy atom. The molecule has 0 radical (unpaired) electrons. The highest BCUT2D eigenvalue weighted by Gasteiger charge is 2.08. The minimum Gasteiger partial charge on any atom is -0.289 e. The highest BCUT2D eigenvalue weighted by Crippen LogP contribution is 2.23. The van der Waals surface area contributed by atoms with Crippen LogP contribution in [0.15, 0.2) is 48.8 Å². The lowest BCUT2D eigenvalue weighted by Gasteiger charge is -1.98. The van der Waals surface area contributed by atoms with Crippen molar-refractivity contribution < 1.29 is 9.72 Å². The second kappa shape index (κ2) is 6.08. The van der Waals surface area contributed by atoms with E-state index in [-0.39, 0.29) is 11.5 Å². The third kappa shape index (κ3) is 3.27. The number of ketones is 1. The molecule has 0 saturated heterocycles. The second-order valence-corrected chi connectivity index (χ2v) is 4.31. The normalized spacial score (nSPS) is 10.7. The van der Waals surface area contributed by atoms with E-state index >= 15 is 0 Å². The van der Waals surface area contributed by atoms with Crippen LogP contribution in [0.2, 0.25) is 5.02 Å². The Morgan fingerprint density at radius 3 is 2.80 bits per heavy atom. The van der Waals surface area contributed by atoms with Crippen LogP contribution in [0.3, 0.4) is 0 Å². The van der Waals surface area contributed by atoms with Crippen LogP contribution in [-0.2, 0) is 0 Å². The SMILES string of the molecule is O=C(/C=C/c1cc([N+](=O)[O-])ccc1Cl)c1cccnc1. The van der Waals surface area contributed by atoms with Crippen LogP contribution in [0.25, 0.3) is 6.08 Å². The van der Waals surface area contributed by atoms with Gasteiger partial charge in [0.15, 0.2) is 5.78 Å². The largest absolute Gasteiger partial charge is 0.289 e. The fourth-order valence-electron chi connectivity index (χ4n) is 1.54. The first kappa shape index (κ1) is 13.9. The number of hydrogen-bond donors (Lipinski definition) is 0.